The lowest BCUT2D eigenvalue weighted by atomic mass is 10.1. The van der Waals surface area contributed by atoms with E-state index in [1.165, 1.54) is 0 Å². The largest absolute Gasteiger partial charge is 0.478 e. The predicted molar refractivity (Wildman–Crippen MR) is 69.9 cm³/mol. The second-order valence-electron chi connectivity index (χ2n) is 4.37. The van der Waals surface area contributed by atoms with Crippen LogP contribution >= 0.6 is 0 Å². The molecule has 0 aliphatic rings. The van der Waals surface area contributed by atoms with Gasteiger partial charge in [0.25, 0.3) is 0 Å². The summed E-state index contributed by atoms with van der Waals surface area (Å²) < 4.78 is 5.41. The molecule has 0 radical (unpaired) electrons. The Hall–Kier alpha value is -2.14. The topological polar surface area (TPSA) is 75.4 Å². The summed E-state index contributed by atoms with van der Waals surface area (Å²) in [5.41, 5.74) is 1.34. The zero-order valence-electron chi connectivity index (χ0n) is 10.9. The molecule has 2 aromatic heterocycles. The first-order chi connectivity index (χ1) is 9.08. The lowest BCUT2D eigenvalue weighted by Crippen LogP contribution is -2.17. The van der Waals surface area contributed by atoms with Crippen LogP contribution in [0.25, 0.3) is 0 Å². The van der Waals surface area contributed by atoms with Crippen LogP contribution in [0.2, 0.25) is 0 Å². The molecule has 0 aliphatic heterocycles. The Kier molecular flexibility index (Phi) is 3.97. The molecule has 19 heavy (non-hydrogen) atoms. The number of carboxylic acid groups (broad SMARTS) is 1. The number of aromatic nitrogens is 1. The molecular formula is C14H16N2O3. The summed E-state index contributed by atoms with van der Waals surface area (Å²) in [6.45, 7) is 4.17. The van der Waals surface area contributed by atoms with E-state index in [1.54, 1.807) is 25.4 Å². The fourth-order valence-electron chi connectivity index (χ4n) is 1.87. The molecule has 0 aliphatic carbocycles. The highest BCUT2D eigenvalue weighted by atomic mass is 16.4. The van der Waals surface area contributed by atoms with Crippen LogP contribution in [0.5, 0.6) is 0 Å². The van der Waals surface area contributed by atoms with Crippen molar-refractivity contribution < 1.29 is 14.3 Å². The third kappa shape index (κ3) is 3.20. The third-order valence-corrected chi connectivity index (χ3v) is 2.99. The molecule has 2 N–H and O–H groups in total. The maximum absolute atomic E-state index is 10.9. The summed E-state index contributed by atoms with van der Waals surface area (Å²) in [7, 11) is 0. The fourth-order valence-corrected chi connectivity index (χ4v) is 1.87. The van der Waals surface area contributed by atoms with Crippen molar-refractivity contribution in [3.63, 3.8) is 0 Å². The van der Waals surface area contributed by atoms with Gasteiger partial charge in [0.15, 0.2) is 0 Å². The van der Waals surface area contributed by atoms with Gasteiger partial charge in [0.05, 0.1) is 6.54 Å². The molecular weight excluding hydrogens is 244 g/mol. The molecule has 0 bridgehead atoms. The molecule has 2 rings (SSSR count). The maximum atomic E-state index is 10.9. The Morgan fingerprint density at radius 1 is 1.47 bits per heavy atom. The van der Waals surface area contributed by atoms with Gasteiger partial charge in [-0.25, -0.2) is 4.79 Å². The van der Waals surface area contributed by atoms with E-state index in [0.29, 0.717) is 18.1 Å². The number of furan rings is 1. The number of aryl methyl sites for hydroxylation is 1. The molecule has 0 fully saturated rings. The highest BCUT2D eigenvalue weighted by Gasteiger charge is 2.14. The first-order valence-electron chi connectivity index (χ1n) is 6.04. The minimum absolute atomic E-state index is 0.140. The van der Waals surface area contributed by atoms with Crippen molar-refractivity contribution in [2.24, 2.45) is 0 Å². The van der Waals surface area contributed by atoms with E-state index in [4.69, 9.17) is 9.52 Å². The van der Waals surface area contributed by atoms with Crippen LogP contribution in [0.1, 0.15) is 40.4 Å². The van der Waals surface area contributed by atoms with Gasteiger partial charge in [-0.05, 0) is 37.6 Å². The molecule has 5 nitrogen and oxygen atoms in total. The highest BCUT2D eigenvalue weighted by Crippen LogP contribution is 2.16. The Morgan fingerprint density at radius 2 is 2.16 bits per heavy atom. The van der Waals surface area contributed by atoms with Crippen LogP contribution in [0.15, 0.2) is 35.0 Å². The molecule has 0 saturated heterocycles. The predicted octanol–water partition coefficient (Wildman–Crippen LogP) is 2.53. The van der Waals surface area contributed by atoms with E-state index in [9.17, 15) is 4.79 Å². The van der Waals surface area contributed by atoms with Crippen molar-refractivity contribution in [2.75, 3.05) is 0 Å². The monoisotopic (exact) mass is 260 g/mol. The summed E-state index contributed by atoms with van der Waals surface area (Å²) in [4.78, 5) is 14.9. The Bertz CT molecular complexity index is 563. The number of nitrogens with one attached hydrogen (secondary N) is 1. The number of aromatic carboxylic acids is 1. The van der Waals surface area contributed by atoms with Crippen molar-refractivity contribution in [1.82, 2.24) is 10.3 Å². The number of hydrogen-bond acceptors (Lipinski definition) is 4. The van der Waals surface area contributed by atoms with Gasteiger partial charge in [0.2, 0.25) is 0 Å². The third-order valence-electron chi connectivity index (χ3n) is 2.99. The standard InChI is InChI=1S/C14H16N2O3/c1-9(11-3-5-15-6-4-11)16-8-12-7-13(14(17)18)10(2)19-12/h3-7,9,16H,8H2,1-2H3,(H,17,18)/t9-/m1/s1. The van der Waals surface area contributed by atoms with Crippen LogP contribution in [-0.4, -0.2) is 16.1 Å². The number of carbonyl (C=O) groups is 1. The zero-order chi connectivity index (χ0) is 13.8. The van der Waals surface area contributed by atoms with Crippen LogP contribution in [0.4, 0.5) is 0 Å². The molecule has 1 atom stereocenters. The molecule has 5 heteroatoms. The molecule has 0 unspecified atom stereocenters. The second-order valence-corrected chi connectivity index (χ2v) is 4.37. The van der Waals surface area contributed by atoms with E-state index in [1.807, 2.05) is 19.1 Å². The van der Waals surface area contributed by atoms with E-state index in [-0.39, 0.29) is 11.6 Å². The van der Waals surface area contributed by atoms with Gasteiger partial charge in [-0.3, -0.25) is 4.98 Å². The van der Waals surface area contributed by atoms with Crippen LogP contribution < -0.4 is 5.32 Å². The molecule has 100 valence electrons. The van der Waals surface area contributed by atoms with Gasteiger partial charge in [-0.1, -0.05) is 0 Å². The Morgan fingerprint density at radius 3 is 2.74 bits per heavy atom. The fraction of sp³-hybridized carbons (Fsp3) is 0.286. The van der Waals surface area contributed by atoms with Gasteiger partial charge in [-0.2, -0.15) is 0 Å². The maximum Gasteiger partial charge on any atom is 0.339 e. The Labute approximate surface area is 111 Å². The number of carboxylic acids is 1. The van der Waals surface area contributed by atoms with Gasteiger partial charge in [0, 0.05) is 18.4 Å². The van der Waals surface area contributed by atoms with Gasteiger partial charge >= 0.3 is 5.97 Å². The first kappa shape index (κ1) is 13.3. The SMILES string of the molecule is Cc1oc(CN[C@H](C)c2ccncc2)cc1C(=O)O. The summed E-state index contributed by atoms with van der Waals surface area (Å²) in [6, 6.07) is 5.58. The first-order valence-corrected chi connectivity index (χ1v) is 6.04. The average Bonchev–Trinajstić information content (AvgIpc) is 2.78. The van der Waals surface area contributed by atoms with Crippen molar-refractivity contribution in [3.05, 3.63) is 53.2 Å². The Balaban J connectivity index is 1.99. The number of pyridine rings is 1. The van der Waals surface area contributed by atoms with Crippen LogP contribution in [0, 0.1) is 6.92 Å². The number of hydrogen-bond donors (Lipinski definition) is 2. The molecule has 2 heterocycles. The molecule has 0 spiro atoms. The van der Waals surface area contributed by atoms with Crippen molar-refractivity contribution in [2.45, 2.75) is 26.4 Å². The van der Waals surface area contributed by atoms with Crippen LogP contribution in [-0.2, 0) is 6.54 Å². The summed E-state index contributed by atoms with van der Waals surface area (Å²) in [5.74, 6) is 0.0892. The van der Waals surface area contributed by atoms with E-state index in [0.717, 1.165) is 5.56 Å². The van der Waals surface area contributed by atoms with E-state index in [2.05, 4.69) is 10.3 Å². The van der Waals surface area contributed by atoms with Gasteiger partial charge in [-0.15, -0.1) is 0 Å². The number of nitrogens with zero attached hydrogens (tertiary/aromatic N) is 1. The minimum atomic E-state index is -0.963. The summed E-state index contributed by atoms with van der Waals surface area (Å²) in [6.07, 6.45) is 3.49. The molecule has 0 amide bonds. The van der Waals surface area contributed by atoms with Crippen molar-refractivity contribution in [3.8, 4) is 0 Å². The lowest BCUT2D eigenvalue weighted by Gasteiger charge is -2.12. The number of rotatable bonds is 5. The van der Waals surface area contributed by atoms with Gasteiger partial charge in [0.1, 0.15) is 17.1 Å². The highest BCUT2D eigenvalue weighted by molar-refractivity contribution is 5.88. The second kappa shape index (κ2) is 5.67. The smallest absolute Gasteiger partial charge is 0.339 e. The molecule has 0 aromatic carbocycles. The van der Waals surface area contributed by atoms with Gasteiger partial charge < -0.3 is 14.8 Å². The minimum Gasteiger partial charge on any atom is -0.478 e. The quantitative estimate of drug-likeness (QED) is 0.864. The molecule has 0 saturated carbocycles. The lowest BCUT2D eigenvalue weighted by molar-refractivity contribution is 0.0695. The van der Waals surface area contributed by atoms with Crippen molar-refractivity contribution in [1.29, 1.82) is 0 Å². The average molecular weight is 260 g/mol. The summed E-state index contributed by atoms with van der Waals surface area (Å²) >= 11 is 0. The zero-order valence-corrected chi connectivity index (χ0v) is 10.9. The van der Waals surface area contributed by atoms with E-state index < -0.39 is 5.97 Å². The van der Waals surface area contributed by atoms with Crippen LogP contribution in [0.3, 0.4) is 0 Å². The summed E-state index contributed by atoms with van der Waals surface area (Å²) in [5, 5.41) is 12.2. The molecule has 2 aromatic rings. The normalized spacial score (nSPS) is 12.3. The van der Waals surface area contributed by atoms with Crippen molar-refractivity contribution >= 4 is 5.97 Å². The van der Waals surface area contributed by atoms with E-state index >= 15 is 0 Å².